The number of primary amides is 1. The number of aryl methyl sites for hydroxylation is 1. The van der Waals surface area contributed by atoms with Gasteiger partial charge in [-0.25, -0.2) is 13.8 Å². The molecule has 1 aromatic heterocycles. The summed E-state index contributed by atoms with van der Waals surface area (Å²) in [6.45, 7) is 1.69. The molecule has 6 nitrogen and oxygen atoms in total. The number of nitrogens with one attached hydrogen (secondary N) is 1. The van der Waals surface area contributed by atoms with Crippen molar-refractivity contribution >= 4 is 23.2 Å². The molecular weight excluding hydrogens is 491 g/mol. The van der Waals surface area contributed by atoms with Gasteiger partial charge in [-0.1, -0.05) is 6.07 Å². The molecule has 2 atom stereocenters. The number of nitrogens with two attached hydrogens (primary N) is 1. The predicted octanol–water partition coefficient (Wildman–Crippen LogP) is 3.93. The van der Waals surface area contributed by atoms with E-state index < -0.39 is 52.6 Å². The molecule has 35 heavy (non-hydrogen) atoms. The molecule has 12 heteroatoms. The van der Waals surface area contributed by atoms with Crippen molar-refractivity contribution < 1.29 is 31.5 Å². The maximum Gasteiger partial charge on any atom is 0.395 e. The summed E-state index contributed by atoms with van der Waals surface area (Å²) in [4.78, 5) is 30.1. The molecule has 3 N–H and O–H groups in total. The SMILES string of the molecule is Cc1ncc(C(CC(=O)NCC(Cc2ccc(C(N)=O)c(F)c2F)N(C)C)C2(C(F)(F)F)CC2)s1. The highest BCUT2D eigenvalue weighted by atomic mass is 32.1. The molecule has 0 aliphatic heterocycles. The lowest BCUT2D eigenvalue weighted by atomic mass is 9.84. The monoisotopic (exact) mass is 518 g/mol. The van der Waals surface area contributed by atoms with Crippen molar-refractivity contribution in [1.29, 1.82) is 0 Å². The Balaban J connectivity index is 1.71. The van der Waals surface area contributed by atoms with Crippen LogP contribution in [0.5, 0.6) is 0 Å². The maximum atomic E-state index is 14.5. The van der Waals surface area contributed by atoms with E-state index in [1.54, 1.807) is 25.9 Å². The van der Waals surface area contributed by atoms with Crippen molar-refractivity contribution in [1.82, 2.24) is 15.2 Å². The fraction of sp³-hybridized carbons (Fsp3) is 0.522. The summed E-state index contributed by atoms with van der Waals surface area (Å²) in [7, 11) is 3.35. The molecule has 2 aromatic rings. The van der Waals surface area contributed by atoms with Gasteiger partial charge in [0, 0.05) is 36.0 Å². The van der Waals surface area contributed by atoms with Crippen LogP contribution in [0.25, 0.3) is 0 Å². The van der Waals surface area contributed by atoms with Crippen LogP contribution < -0.4 is 11.1 Å². The largest absolute Gasteiger partial charge is 0.395 e. The van der Waals surface area contributed by atoms with Gasteiger partial charge < -0.3 is 16.0 Å². The number of likely N-dealkylation sites (N-methyl/N-ethyl adjacent to an activating group) is 1. The zero-order valence-electron chi connectivity index (χ0n) is 19.5. The van der Waals surface area contributed by atoms with E-state index in [-0.39, 0.29) is 37.8 Å². The smallest absolute Gasteiger partial charge is 0.366 e. The molecule has 1 saturated carbocycles. The van der Waals surface area contributed by atoms with Crippen molar-refractivity contribution in [2.24, 2.45) is 11.1 Å². The third-order valence-corrected chi connectivity index (χ3v) is 7.57. The van der Waals surface area contributed by atoms with E-state index in [0.717, 1.165) is 17.4 Å². The van der Waals surface area contributed by atoms with E-state index >= 15 is 0 Å². The number of carbonyl (C=O) groups is 2. The standard InChI is InChI=1S/C23H27F5N4O2S/c1-12-30-11-17(35-12)16(22(6-7-22)23(26,27)28)9-18(33)31-10-14(32(2)3)8-13-4-5-15(21(29)34)20(25)19(13)24/h4-5,11,14,16H,6-10H2,1-3H3,(H2,29,34)(H,31,33). The topological polar surface area (TPSA) is 88.3 Å². The fourth-order valence-electron chi connectivity index (χ4n) is 4.19. The van der Waals surface area contributed by atoms with Crippen molar-refractivity contribution in [2.45, 2.75) is 50.7 Å². The number of alkyl halides is 3. The van der Waals surface area contributed by atoms with E-state index in [1.165, 1.54) is 12.3 Å². The number of thiazole rings is 1. The summed E-state index contributed by atoms with van der Waals surface area (Å²) in [6, 6.07) is 1.85. The van der Waals surface area contributed by atoms with E-state index in [9.17, 15) is 31.5 Å². The van der Waals surface area contributed by atoms with Crippen LogP contribution in [0, 0.1) is 24.0 Å². The van der Waals surface area contributed by atoms with Gasteiger partial charge in [-0.3, -0.25) is 9.59 Å². The second-order valence-corrected chi connectivity index (χ2v) is 10.3. The number of amides is 2. The molecule has 2 unspecified atom stereocenters. The average molecular weight is 519 g/mol. The summed E-state index contributed by atoms with van der Waals surface area (Å²) in [6.07, 6.45) is -3.51. The Bertz CT molecular complexity index is 1100. The fourth-order valence-corrected chi connectivity index (χ4v) is 5.19. The third-order valence-electron chi connectivity index (χ3n) is 6.54. The van der Waals surface area contributed by atoms with Crippen molar-refractivity contribution in [2.75, 3.05) is 20.6 Å². The summed E-state index contributed by atoms with van der Waals surface area (Å²) in [5.74, 6) is -5.26. The second kappa shape index (κ2) is 10.2. The first-order valence-corrected chi connectivity index (χ1v) is 11.8. The lowest BCUT2D eigenvalue weighted by Gasteiger charge is -2.29. The quantitative estimate of drug-likeness (QED) is 0.467. The van der Waals surface area contributed by atoms with Crippen molar-refractivity contribution in [3.8, 4) is 0 Å². The highest BCUT2D eigenvalue weighted by Crippen LogP contribution is 2.66. The molecule has 192 valence electrons. The number of nitrogens with zero attached hydrogens (tertiary/aromatic N) is 2. The molecule has 2 amide bonds. The summed E-state index contributed by atoms with van der Waals surface area (Å²) < 4.78 is 70.2. The van der Waals surface area contributed by atoms with E-state index in [1.807, 2.05) is 0 Å². The Labute approximate surface area is 203 Å². The van der Waals surface area contributed by atoms with Crippen LogP contribution in [-0.4, -0.2) is 54.6 Å². The van der Waals surface area contributed by atoms with Gasteiger partial charge in [0.05, 0.1) is 16.0 Å². The molecule has 1 heterocycles. The van der Waals surface area contributed by atoms with E-state index in [4.69, 9.17) is 5.73 Å². The Morgan fingerprint density at radius 1 is 1.23 bits per heavy atom. The van der Waals surface area contributed by atoms with Gasteiger partial charge in [-0.05, 0) is 51.9 Å². The normalized spacial score (nSPS) is 16.7. The molecule has 3 rings (SSSR count). The number of benzene rings is 1. The van der Waals surface area contributed by atoms with Crippen LogP contribution in [0.2, 0.25) is 0 Å². The number of rotatable bonds is 10. The summed E-state index contributed by atoms with van der Waals surface area (Å²) >= 11 is 1.15. The lowest BCUT2D eigenvalue weighted by Crippen LogP contribution is -2.43. The van der Waals surface area contributed by atoms with Crippen LogP contribution in [0.15, 0.2) is 18.3 Å². The minimum Gasteiger partial charge on any atom is -0.366 e. The van der Waals surface area contributed by atoms with Crippen LogP contribution in [0.4, 0.5) is 22.0 Å². The van der Waals surface area contributed by atoms with Crippen molar-refractivity contribution in [3.63, 3.8) is 0 Å². The molecule has 1 aromatic carbocycles. The first-order chi connectivity index (χ1) is 16.3. The molecule has 0 radical (unpaired) electrons. The van der Waals surface area contributed by atoms with Gasteiger partial charge >= 0.3 is 6.18 Å². The van der Waals surface area contributed by atoms with E-state index in [2.05, 4.69) is 10.3 Å². The van der Waals surface area contributed by atoms with Crippen LogP contribution >= 0.6 is 11.3 Å². The Morgan fingerprint density at radius 2 is 1.89 bits per heavy atom. The zero-order valence-corrected chi connectivity index (χ0v) is 20.3. The zero-order chi connectivity index (χ0) is 26.1. The second-order valence-electron chi connectivity index (χ2n) is 9.08. The molecule has 0 saturated heterocycles. The average Bonchev–Trinajstić information content (AvgIpc) is 3.47. The number of halogens is 5. The number of hydrogen-bond acceptors (Lipinski definition) is 5. The molecular formula is C23H27F5N4O2S. The molecule has 1 aliphatic carbocycles. The first-order valence-electron chi connectivity index (χ1n) is 11.0. The molecule has 0 bridgehead atoms. The van der Waals surface area contributed by atoms with Crippen molar-refractivity contribution in [3.05, 3.63) is 51.0 Å². The van der Waals surface area contributed by atoms with E-state index in [0.29, 0.717) is 9.88 Å². The molecule has 1 fully saturated rings. The van der Waals surface area contributed by atoms with Gasteiger partial charge in [0.25, 0.3) is 5.91 Å². The third kappa shape index (κ3) is 5.80. The van der Waals surface area contributed by atoms with Gasteiger partial charge in [-0.15, -0.1) is 11.3 Å². The molecule has 0 spiro atoms. The summed E-state index contributed by atoms with van der Waals surface area (Å²) in [5, 5.41) is 3.27. The van der Waals surface area contributed by atoms with Gasteiger partial charge in [0.2, 0.25) is 5.91 Å². The minimum absolute atomic E-state index is 0.00206. The highest BCUT2D eigenvalue weighted by molar-refractivity contribution is 7.11. The summed E-state index contributed by atoms with van der Waals surface area (Å²) in [5.41, 5.74) is 2.51. The Hall–Kier alpha value is -2.60. The van der Waals surface area contributed by atoms with Crippen LogP contribution in [-0.2, 0) is 11.2 Å². The minimum atomic E-state index is -4.44. The molecule has 1 aliphatic rings. The Morgan fingerprint density at radius 3 is 2.37 bits per heavy atom. The predicted molar refractivity (Wildman–Crippen MR) is 121 cm³/mol. The number of carbonyl (C=O) groups excluding carboxylic acids is 2. The van der Waals surface area contributed by atoms with Gasteiger partial charge in [-0.2, -0.15) is 13.2 Å². The van der Waals surface area contributed by atoms with Gasteiger partial charge in [0.15, 0.2) is 11.6 Å². The number of hydrogen-bond donors (Lipinski definition) is 2. The van der Waals surface area contributed by atoms with Gasteiger partial charge in [0.1, 0.15) is 0 Å². The van der Waals surface area contributed by atoms with Crippen LogP contribution in [0.3, 0.4) is 0 Å². The Kier molecular flexibility index (Phi) is 7.85. The highest BCUT2D eigenvalue weighted by Gasteiger charge is 2.67. The maximum absolute atomic E-state index is 14.5. The first kappa shape index (κ1) is 27.0. The lowest BCUT2D eigenvalue weighted by molar-refractivity contribution is -0.194. The number of aromatic nitrogens is 1. The van der Waals surface area contributed by atoms with Crippen LogP contribution in [0.1, 0.15) is 51.0 Å².